The Bertz CT molecular complexity index is 845. The van der Waals surface area contributed by atoms with Crippen molar-refractivity contribution in [2.45, 2.75) is 6.18 Å². The zero-order valence-electron chi connectivity index (χ0n) is 14.2. The Morgan fingerprint density at radius 3 is 1.85 bits per heavy atom. The Morgan fingerprint density at radius 1 is 0.815 bits per heavy atom. The third kappa shape index (κ3) is 4.24. The first-order chi connectivity index (χ1) is 12.8. The van der Waals surface area contributed by atoms with Crippen molar-refractivity contribution in [1.29, 1.82) is 0 Å². The molecule has 3 rings (SSSR count). The molecule has 0 aliphatic carbocycles. The number of rotatable bonds is 2. The van der Waals surface area contributed by atoms with Crippen LogP contribution in [0.3, 0.4) is 0 Å². The van der Waals surface area contributed by atoms with Crippen LogP contribution in [-0.4, -0.2) is 47.8 Å². The van der Waals surface area contributed by atoms with E-state index in [1.807, 2.05) is 0 Å². The highest BCUT2D eigenvalue weighted by molar-refractivity contribution is 6.33. The molecule has 2 aromatic carbocycles. The zero-order valence-corrected chi connectivity index (χ0v) is 14.9. The molecule has 1 aliphatic rings. The summed E-state index contributed by atoms with van der Waals surface area (Å²) in [4.78, 5) is 28.1. The number of hydrogen-bond acceptors (Lipinski definition) is 2. The van der Waals surface area contributed by atoms with Crippen LogP contribution in [0.5, 0.6) is 0 Å². The van der Waals surface area contributed by atoms with E-state index in [2.05, 4.69) is 0 Å². The maximum Gasteiger partial charge on any atom is 0.416 e. The van der Waals surface area contributed by atoms with E-state index in [0.29, 0.717) is 36.8 Å². The number of halogens is 4. The zero-order chi connectivity index (χ0) is 19.6. The fourth-order valence-electron chi connectivity index (χ4n) is 2.90. The van der Waals surface area contributed by atoms with E-state index in [-0.39, 0.29) is 17.4 Å². The molecular weight excluding hydrogens is 381 g/mol. The second-order valence-electron chi connectivity index (χ2n) is 6.14. The predicted molar refractivity (Wildman–Crippen MR) is 94.7 cm³/mol. The van der Waals surface area contributed by atoms with Gasteiger partial charge in [0.05, 0.1) is 16.1 Å². The summed E-state index contributed by atoms with van der Waals surface area (Å²) >= 11 is 6.05. The van der Waals surface area contributed by atoms with Crippen LogP contribution in [0.2, 0.25) is 5.02 Å². The lowest BCUT2D eigenvalue weighted by atomic mass is 10.1. The lowest BCUT2D eigenvalue weighted by molar-refractivity contribution is -0.137. The topological polar surface area (TPSA) is 40.6 Å². The van der Waals surface area contributed by atoms with Gasteiger partial charge in [-0.1, -0.05) is 23.7 Å². The quantitative estimate of drug-likeness (QED) is 0.771. The SMILES string of the molecule is O=C(c1ccc(C(F)(F)F)cc1)N1CCN(C(=O)c2ccccc2Cl)CC1. The smallest absolute Gasteiger partial charge is 0.335 e. The van der Waals surface area contributed by atoms with E-state index in [4.69, 9.17) is 11.6 Å². The van der Waals surface area contributed by atoms with Gasteiger partial charge in [-0.3, -0.25) is 9.59 Å². The summed E-state index contributed by atoms with van der Waals surface area (Å²) in [6, 6.07) is 10.9. The molecule has 0 spiro atoms. The number of nitrogens with zero attached hydrogens (tertiary/aromatic N) is 2. The second kappa shape index (κ2) is 7.60. The lowest BCUT2D eigenvalue weighted by Crippen LogP contribution is -2.50. The van der Waals surface area contributed by atoms with Crippen LogP contribution >= 0.6 is 11.6 Å². The van der Waals surface area contributed by atoms with Crippen LogP contribution in [0.1, 0.15) is 26.3 Å². The molecule has 2 aromatic rings. The molecular formula is C19H16ClF3N2O2. The minimum atomic E-state index is -4.44. The van der Waals surface area contributed by atoms with Crippen molar-refractivity contribution in [3.8, 4) is 0 Å². The van der Waals surface area contributed by atoms with Crippen molar-refractivity contribution in [3.63, 3.8) is 0 Å². The van der Waals surface area contributed by atoms with Crippen molar-refractivity contribution < 1.29 is 22.8 Å². The third-order valence-corrected chi connectivity index (χ3v) is 4.75. The number of carbonyl (C=O) groups is 2. The van der Waals surface area contributed by atoms with E-state index in [9.17, 15) is 22.8 Å². The van der Waals surface area contributed by atoms with Gasteiger partial charge in [0, 0.05) is 31.7 Å². The van der Waals surface area contributed by atoms with Gasteiger partial charge < -0.3 is 9.80 Å². The van der Waals surface area contributed by atoms with E-state index >= 15 is 0 Å². The summed E-state index contributed by atoms with van der Waals surface area (Å²) in [5.41, 5.74) is -0.204. The Kier molecular flexibility index (Phi) is 5.41. The number of alkyl halides is 3. The van der Waals surface area contributed by atoms with Crippen molar-refractivity contribution in [2.75, 3.05) is 26.2 Å². The molecule has 1 aliphatic heterocycles. The molecule has 1 heterocycles. The number of carbonyl (C=O) groups excluding carboxylic acids is 2. The van der Waals surface area contributed by atoms with E-state index in [0.717, 1.165) is 12.1 Å². The Balaban J connectivity index is 1.63. The fourth-order valence-corrected chi connectivity index (χ4v) is 3.12. The molecule has 0 radical (unpaired) electrons. The molecule has 27 heavy (non-hydrogen) atoms. The van der Waals surface area contributed by atoms with Crippen LogP contribution in [0, 0.1) is 0 Å². The molecule has 0 saturated carbocycles. The molecule has 1 fully saturated rings. The minimum absolute atomic E-state index is 0.189. The first-order valence-electron chi connectivity index (χ1n) is 8.28. The van der Waals surface area contributed by atoms with Crippen molar-refractivity contribution in [3.05, 3.63) is 70.2 Å². The number of benzene rings is 2. The maximum absolute atomic E-state index is 12.6. The Hall–Kier alpha value is -2.54. The Morgan fingerprint density at radius 2 is 1.33 bits per heavy atom. The van der Waals surface area contributed by atoms with Crippen LogP contribution in [-0.2, 0) is 6.18 Å². The van der Waals surface area contributed by atoms with Gasteiger partial charge in [0.2, 0.25) is 0 Å². The van der Waals surface area contributed by atoms with Gasteiger partial charge in [0.25, 0.3) is 11.8 Å². The number of piperazine rings is 1. The van der Waals surface area contributed by atoms with Gasteiger partial charge in [-0.05, 0) is 36.4 Å². The predicted octanol–water partition coefficient (Wildman–Crippen LogP) is 3.96. The lowest BCUT2D eigenvalue weighted by Gasteiger charge is -2.35. The molecule has 4 nitrogen and oxygen atoms in total. The van der Waals surface area contributed by atoms with Gasteiger partial charge in [-0.25, -0.2) is 0 Å². The van der Waals surface area contributed by atoms with Crippen molar-refractivity contribution in [1.82, 2.24) is 9.80 Å². The standard InChI is InChI=1S/C19H16ClF3N2O2/c20-16-4-2-1-3-15(16)18(27)25-11-9-24(10-12-25)17(26)13-5-7-14(8-6-13)19(21,22)23/h1-8H,9-12H2. The van der Waals surface area contributed by atoms with E-state index in [1.54, 1.807) is 29.2 Å². The molecule has 8 heteroatoms. The monoisotopic (exact) mass is 396 g/mol. The van der Waals surface area contributed by atoms with Crippen LogP contribution in [0.4, 0.5) is 13.2 Å². The molecule has 0 bridgehead atoms. The molecule has 0 N–H and O–H groups in total. The first-order valence-corrected chi connectivity index (χ1v) is 8.65. The first kappa shape index (κ1) is 19.2. The maximum atomic E-state index is 12.6. The van der Waals surface area contributed by atoms with Gasteiger partial charge in [-0.15, -0.1) is 0 Å². The summed E-state index contributed by atoms with van der Waals surface area (Å²) in [7, 11) is 0. The molecule has 142 valence electrons. The van der Waals surface area contributed by atoms with Gasteiger partial charge in [0.1, 0.15) is 0 Å². The highest BCUT2D eigenvalue weighted by Crippen LogP contribution is 2.29. The van der Waals surface area contributed by atoms with Gasteiger partial charge >= 0.3 is 6.18 Å². The fraction of sp³-hybridized carbons (Fsp3) is 0.263. The summed E-state index contributed by atoms with van der Waals surface area (Å²) in [5, 5.41) is 0.366. The third-order valence-electron chi connectivity index (χ3n) is 4.42. The largest absolute Gasteiger partial charge is 0.416 e. The average molecular weight is 397 g/mol. The van der Waals surface area contributed by atoms with Crippen LogP contribution in [0.25, 0.3) is 0 Å². The summed E-state index contributed by atoms with van der Waals surface area (Å²) in [6.45, 7) is 1.26. The molecule has 0 atom stereocenters. The van der Waals surface area contributed by atoms with E-state index in [1.165, 1.54) is 17.0 Å². The highest BCUT2D eigenvalue weighted by Gasteiger charge is 2.31. The minimum Gasteiger partial charge on any atom is -0.335 e. The average Bonchev–Trinajstić information content (AvgIpc) is 2.67. The Labute approximate surface area is 159 Å². The molecule has 1 saturated heterocycles. The summed E-state index contributed by atoms with van der Waals surface area (Å²) in [6.07, 6.45) is -4.44. The van der Waals surface area contributed by atoms with Gasteiger partial charge in [-0.2, -0.15) is 13.2 Å². The summed E-state index contributed by atoms with van der Waals surface area (Å²) in [5.74, 6) is -0.559. The highest BCUT2D eigenvalue weighted by atomic mass is 35.5. The van der Waals surface area contributed by atoms with Crippen LogP contribution in [0.15, 0.2) is 48.5 Å². The van der Waals surface area contributed by atoms with Crippen LogP contribution < -0.4 is 0 Å². The van der Waals surface area contributed by atoms with Crippen molar-refractivity contribution in [2.24, 2.45) is 0 Å². The van der Waals surface area contributed by atoms with Gasteiger partial charge in [0.15, 0.2) is 0 Å². The van der Waals surface area contributed by atoms with Crippen molar-refractivity contribution >= 4 is 23.4 Å². The number of hydrogen-bond donors (Lipinski definition) is 0. The normalized spacial score (nSPS) is 15.0. The second-order valence-corrected chi connectivity index (χ2v) is 6.55. The molecule has 0 unspecified atom stereocenters. The summed E-state index contributed by atoms with van der Waals surface area (Å²) < 4.78 is 37.9. The number of amides is 2. The molecule has 2 amide bonds. The molecule has 0 aromatic heterocycles. The van der Waals surface area contributed by atoms with E-state index < -0.39 is 11.7 Å².